The van der Waals surface area contributed by atoms with Crippen LogP contribution in [0.3, 0.4) is 0 Å². The van der Waals surface area contributed by atoms with Crippen LogP contribution in [0.1, 0.15) is 32.3 Å². The van der Waals surface area contributed by atoms with E-state index in [-0.39, 0.29) is 11.8 Å². The topological polar surface area (TPSA) is 29.1 Å². The molecule has 0 unspecified atom stereocenters. The Morgan fingerprint density at radius 1 is 1.31 bits per heavy atom. The molecular weight excluding hydrogens is 198 g/mol. The van der Waals surface area contributed by atoms with Gasteiger partial charge in [0.25, 0.3) is 0 Å². The lowest BCUT2D eigenvalue weighted by molar-refractivity contribution is -0.124. The van der Waals surface area contributed by atoms with Crippen molar-refractivity contribution in [3.8, 4) is 0 Å². The van der Waals surface area contributed by atoms with Gasteiger partial charge >= 0.3 is 0 Å². The largest absolute Gasteiger partial charge is 0.356 e. The van der Waals surface area contributed by atoms with E-state index in [4.69, 9.17) is 0 Å². The van der Waals surface area contributed by atoms with Crippen LogP contribution < -0.4 is 5.32 Å². The lowest BCUT2D eigenvalue weighted by Gasteiger charge is -2.09. The zero-order valence-electron chi connectivity index (χ0n) is 10.2. The number of nitrogens with one attached hydrogen (secondary N) is 1. The summed E-state index contributed by atoms with van der Waals surface area (Å²) in [7, 11) is 0. The number of amides is 1. The third kappa shape index (κ3) is 4.47. The first kappa shape index (κ1) is 12.8. The molecule has 88 valence electrons. The zero-order valence-corrected chi connectivity index (χ0v) is 10.2. The molecule has 1 N–H and O–H groups in total. The highest BCUT2D eigenvalue weighted by Crippen LogP contribution is 2.02. The Morgan fingerprint density at radius 3 is 2.62 bits per heavy atom. The van der Waals surface area contributed by atoms with Gasteiger partial charge in [-0.3, -0.25) is 4.79 Å². The van der Waals surface area contributed by atoms with Crippen LogP contribution in [0.4, 0.5) is 0 Å². The van der Waals surface area contributed by atoms with Crippen LogP contribution in [-0.4, -0.2) is 12.5 Å². The number of hydrogen-bond donors (Lipinski definition) is 1. The SMILES string of the molecule is CC[C@H](C)C(=O)NCCCc1ccccc1. The Morgan fingerprint density at radius 2 is 2.00 bits per heavy atom. The highest BCUT2D eigenvalue weighted by atomic mass is 16.1. The molecule has 2 nitrogen and oxygen atoms in total. The average Bonchev–Trinajstić information content (AvgIpc) is 2.34. The minimum Gasteiger partial charge on any atom is -0.356 e. The Balaban J connectivity index is 2.15. The van der Waals surface area contributed by atoms with E-state index >= 15 is 0 Å². The standard InChI is InChI=1S/C14H21NO/c1-3-12(2)14(16)15-11-7-10-13-8-5-4-6-9-13/h4-6,8-9,12H,3,7,10-11H2,1-2H3,(H,15,16)/t12-/m0/s1. The molecule has 0 aliphatic carbocycles. The number of carbonyl (C=O) groups excluding carboxylic acids is 1. The van der Waals surface area contributed by atoms with E-state index in [9.17, 15) is 4.79 Å². The fourth-order valence-corrected chi connectivity index (χ4v) is 1.51. The van der Waals surface area contributed by atoms with Crippen molar-refractivity contribution in [2.45, 2.75) is 33.1 Å². The van der Waals surface area contributed by atoms with Gasteiger partial charge in [0.1, 0.15) is 0 Å². The fraction of sp³-hybridized carbons (Fsp3) is 0.500. The van der Waals surface area contributed by atoms with Crippen LogP contribution in [0, 0.1) is 5.92 Å². The van der Waals surface area contributed by atoms with E-state index in [2.05, 4.69) is 17.4 Å². The van der Waals surface area contributed by atoms with Crippen molar-refractivity contribution in [1.82, 2.24) is 5.32 Å². The molecule has 1 aromatic rings. The molecule has 0 saturated carbocycles. The summed E-state index contributed by atoms with van der Waals surface area (Å²) in [5.74, 6) is 0.312. The van der Waals surface area contributed by atoms with Gasteiger partial charge in [-0.25, -0.2) is 0 Å². The molecule has 0 spiro atoms. The van der Waals surface area contributed by atoms with Crippen LogP contribution in [0.5, 0.6) is 0 Å². The summed E-state index contributed by atoms with van der Waals surface area (Å²) in [6.45, 7) is 4.78. The van der Waals surface area contributed by atoms with Crippen molar-refractivity contribution in [3.05, 3.63) is 35.9 Å². The molecule has 1 atom stereocenters. The van der Waals surface area contributed by atoms with E-state index in [1.165, 1.54) is 5.56 Å². The first-order valence-electron chi connectivity index (χ1n) is 6.05. The highest BCUT2D eigenvalue weighted by Gasteiger charge is 2.08. The van der Waals surface area contributed by atoms with Gasteiger partial charge in [-0.15, -0.1) is 0 Å². The maximum absolute atomic E-state index is 11.5. The smallest absolute Gasteiger partial charge is 0.222 e. The summed E-state index contributed by atoms with van der Waals surface area (Å²) < 4.78 is 0. The third-order valence-corrected chi connectivity index (χ3v) is 2.84. The number of hydrogen-bond acceptors (Lipinski definition) is 1. The molecular formula is C14H21NO. The number of aryl methyl sites for hydroxylation is 1. The number of benzene rings is 1. The molecule has 0 bridgehead atoms. The van der Waals surface area contributed by atoms with E-state index in [1.807, 2.05) is 32.0 Å². The minimum atomic E-state index is 0.136. The van der Waals surface area contributed by atoms with Crippen LogP contribution in [0.25, 0.3) is 0 Å². The highest BCUT2D eigenvalue weighted by molar-refractivity contribution is 5.78. The van der Waals surface area contributed by atoms with Crippen molar-refractivity contribution in [2.24, 2.45) is 5.92 Å². The van der Waals surface area contributed by atoms with Crippen molar-refractivity contribution in [3.63, 3.8) is 0 Å². The van der Waals surface area contributed by atoms with Crippen LogP contribution in [0.15, 0.2) is 30.3 Å². The van der Waals surface area contributed by atoms with Crippen molar-refractivity contribution in [2.75, 3.05) is 6.54 Å². The molecule has 0 aromatic heterocycles. The molecule has 1 aromatic carbocycles. The lowest BCUT2D eigenvalue weighted by Crippen LogP contribution is -2.29. The van der Waals surface area contributed by atoms with Gasteiger partial charge in [0.15, 0.2) is 0 Å². The fourth-order valence-electron chi connectivity index (χ4n) is 1.51. The second kappa shape index (κ2) is 7.04. The van der Waals surface area contributed by atoms with Crippen molar-refractivity contribution >= 4 is 5.91 Å². The molecule has 0 aliphatic heterocycles. The number of carbonyl (C=O) groups is 1. The normalized spacial score (nSPS) is 12.1. The van der Waals surface area contributed by atoms with Gasteiger partial charge in [0, 0.05) is 12.5 Å². The van der Waals surface area contributed by atoms with Gasteiger partial charge in [0.05, 0.1) is 0 Å². The maximum Gasteiger partial charge on any atom is 0.222 e. The number of rotatable bonds is 6. The third-order valence-electron chi connectivity index (χ3n) is 2.84. The molecule has 0 radical (unpaired) electrons. The van der Waals surface area contributed by atoms with Gasteiger partial charge in [0.2, 0.25) is 5.91 Å². The second-order valence-corrected chi connectivity index (χ2v) is 4.19. The van der Waals surface area contributed by atoms with Crippen LogP contribution >= 0.6 is 0 Å². The average molecular weight is 219 g/mol. The molecule has 0 fully saturated rings. The van der Waals surface area contributed by atoms with Crippen LogP contribution in [-0.2, 0) is 11.2 Å². The molecule has 1 amide bonds. The first-order valence-corrected chi connectivity index (χ1v) is 6.05. The second-order valence-electron chi connectivity index (χ2n) is 4.19. The zero-order chi connectivity index (χ0) is 11.8. The van der Waals surface area contributed by atoms with E-state index in [0.29, 0.717) is 0 Å². The van der Waals surface area contributed by atoms with Gasteiger partial charge < -0.3 is 5.32 Å². The van der Waals surface area contributed by atoms with Crippen molar-refractivity contribution in [1.29, 1.82) is 0 Å². The Bertz CT molecular complexity index is 308. The van der Waals surface area contributed by atoms with Crippen LogP contribution in [0.2, 0.25) is 0 Å². The first-order chi connectivity index (χ1) is 7.74. The molecule has 16 heavy (non-hydrogen) atoms. The Hall–Kier alpha value is -1.31. The van der Waals surface area contributed by atoms with Gasteiger partial charge in [-0.1, -0.05) is 44.2 Å². The van der Waals surface area contributed by atoms with Crippen molar-refractivity contribution < 1.29 is 4.79 Å². The predicted octanol–water partition coefficient (Wildman–Crippen LogP) is 2.78. The summed E-state index contributed by atoms with van der Waals surface area (Å²) in [6, 6.07) is 10.4. The summed E-state index contributed by atoms with van der Waals surface area (Å²) in [6.07, 6.45) is 2.94. The minimum absolute atomic E-state index is 0.136. The van der Waals surface area contributed by atoms with E-state index in [0.717, 1.165) is 25.8 Å². The van der Waals surface area contributed by atoms with Gasteiger partial charge in [-0.2, -0.15) is 0 Å². The molecule has 0 saturated heterocycles. The maximum atomic E-state index is 11.5. The summed E-state index contributed by atoms with van der Waals surface area (Å²) in [5.41, 5.74) is 1.33. The van der Waals surface area contributed by atoms with E-state index in [1.54, 1.807) is 0 Å². The quantitative estimate of drug-likeness (QED) is 0.732. The van der Waals surface area contributed by atoms with E-state index < -0.39 is 0 Å². The Kier molecular flexibility index (Phi) is 5.62. The molecule has 0 heterocycles. The molecule has 2 heteroatoms. The lowest BCUT2D eigenvalue weighted by atomic mass is 10.1. The predicted molar refractivity (Wildman–Crippen MR) is 67.2 cm³/mol. The monoisotopic (exact) mass is 219 g/mol. The van der Waals surface area contributed by atoms with Gasteiger partial charge in [-0.05, 0) is 24.8 Å². The molecule has 0 aliphatic rings. The summed E-state index contributed by atoms with van der Waals surface area (Å²) in [4.78, 5) is 11.5. The molecule has 1 rings (SSSR count). The summed E-state index contributed by atoms with van der Waals surface area (Å²) in [5, 5.41) is 2.96. The summed E-state index contributed by atoms with van der Waals surface area (Å²) >= 11 is 0. The Labute approximate surface area is 98.1 Å².